The van der Waals surface area contributed by atoms with Crippen LogP contribution in [0.2, 0.25) is 10.0 Å². The molecule has 26 heavy (non-hydrogen) atoms. The van der Waals surface area contributed by atoms with E-state index in [1.165, 1.54) is 37.4 Å². The molecule has 9 heteroatoms. The van der Waals surface area contributed by atoms with E-state index in [1.807, 2.05) is 6.92 Å². The summed E-state index contributed by atoms with van der Waals surface area (Å²) in [4.78, 5) is 22.8. The molecule has 0 heterocycles. The van der Waals surface area contributed by atoms with Gasteiger partial charge in [-0.2, -0.15) is 0 Å². The maximum Gasteiger partial charge on any atom is 0.289 e. The van der Waals surface area contributed by atoms with E-state index >= 15 is 0 Å². The van der Waals surface area contributed by atoms with Crippen LogP contribution in [0.5, 0.6) is 11.5 Å². The van der Waals surface area contributed by atoms with Gasteiger partial charge in [0.25, 0.3) is 11.6 Å². The van der Waals surface area contributed by atoms with Crippen molar-refractivity contribution in [2.45, 2.75) is 13.3 Å². The summed E-state index contributed by atoms with van der Waals surface area (Å²) in [7, 11) is 1.44. The first-order chi connectivity index (χ1) is 12.4. The molecule has 138 valence electrons. The molecular weight excluding hydrogens is 383 g/mol. The smallest absolute Gasteiger partial charge is 0.289 e. The highest BCUT2D eigenvalue weighted by molar-refractivity contribution is 6.33. The molecule has 0 aliphatic rings. The summed E-state index contributed by atoms with van der Waals surface area (Å²) < 4.78 is 10.8. The van der Waals surface area contributed by atoms with Gasteiger partial charge in [-0.05, 0) is 30.7 Å². The number of carbonyl (C=O) groups is 1. The molecular formula is C17H16Cl2N2O5. The summed E-state index contributed by atoms with van der Waals surface area (Å²) in [6.45, 7) is 2.41. The van der Waals surface area contributed by atoms with Crippen LogP contribution in [0.1, 0.15) is 23.7 Å². The normalized spacial score (nSPS) is 10.3. The van der Waals surface area contributed by atoms with E-state index in [-0.39, 0.29) is 27.0 Å². The first-order valence-electron chi connectivity index (χ1n) is 7.63. The average molecular weight is 399 g/mol. The van der Waals surface area contributed by atoms with Gasteiger partial charge < -0.3 is 14.8 Å². The van der Waals surface area contributed by atoms with Gasteiger partial charge in [-0.1, -0.05) is 30.1 Å². The van der Waals surface area contributed by atoms with E-state index in [4.69, 9.17) is 32.7 Å². The first-order valence-corrected chi connectivity index (χ1v) is 8.38. The van der Waals surface area contributed by atoms with Gasteiger partial charge in [0.05, 0.1) is 23.7 Å². The lowest BCUT2D eigenvalue weighted by Gasteiger charge is -2.14. The van der Waals surface area contributed by atoms with Gasteiger partial charge in [0, 0.05) is 17.3 Å². The van der Waals surface area contributed by atoms with Crippen LogP contribution < -0.4 is 14.8 Å². The summed E-state index contributed by atoms with van der Waals surface area (Å²) in [5, 5.41) is 13.7. The molecule has 1 amide bonds. The summed E-state index contributed by atoms with van der Waals surface area (Å²) >= 11 is 12.0. The number of methoxy groups -OCH3 is 1. The fraction of sp³-hybridized carbons (Fsp3) is 0.235. The Morgan fingerprint density at radius 2 is 1.96 bits per heavy atom. The summed E-state index contributed by atoms with van der Waals surface area (Å²) in [6, 6.07) is 6.90. The standard InChI is InChI=1S/C17H16Cl2N2O5/c1-3-6-26-16-13(19)7-10(8-15(16)25-2)17(22)20-11-4-5-12(18)14(9-11)21(23)24/h4-5,7-9H,3,6H2,1-2H3,(H,20,22). The number of anilines is 1. The monoisotopic (exact) mass is 398 g/mol. The van der Waals surface area contributed by atoms with Crippen molar-refractivity contribution in [1.82, 2.24) is 0 Å². The molecule has 2 aromatic carbocycles. The van der Waals surface area contributed by atoms with Crippen LogP contribution in [0.15, 0.2) is 30.3 Å². The summed E-state index contributed by atoms with van der Waals surface area (Å²) in [6.07, 6.45) is 0.789. The number of carbonyl (C=O) groups excluding carboxylic acids is 1. The number of benzene rings is 2. The van der Waals surface area contributed by atoms with Crippen molar-refractivity contribution in [1.29, 1.82) is 0 Å². The number of nitrogens with one attached hydrogen (secondary N) is 1. The van der Waals surface area contributed by atoms with Crippen molar-refractivity contribution >= 4 is 40.5 Å². The molecule has 0 fully saturated rings. The maximum atomic E-state index is 12.5. The van der Waals surface area contributed by atoms with E-state index in [0.29, 0.717) is 18.1 Å². The number of rotatable bonds is 7. The Bertz CT molecular complexity index is 842. The Labute approximate surface area is 160 Å². The lowest BCUT2D eigenvalue weighted by atomic mass is 10.1. The van der Waals surface area contributed by atoms with Gasteiger partial charge in [0.15, 0.2) is 11.5 Å². The second kappa shape index (κ2) is 8.73. The zero-order valence-electron chi connectivity index (χ0n) is 14.0. The molecule has 0 aliphatic carbocycles. The van der Waals surface area contributed by atoms with Gasteiger partial charge in [0.1, 0.15) is 5.02 Å². The number of hydrogen-bond acceptors (Lipinski definition) is 5. The fourth-order valence-electron chi connectivity index (χ4n) is 2.13. The first kappa shape index (κ1) is 19.8. The van der Waals surface area contributed by atoms with Crippen LogP contribution >= 0.6 is 23.2 Å². The van der Waals surface area contributed by atoms with Gasteiger partial charge in [-0.25, -0.2) is 0 Å². The van der Waals surface area contributed by atoms with Crippen molar-refractivity contribution < 1.29 is 19.2 Å². The second-order valence-corrected chi connectivity index (χ2v) is 6.03. The molecule has 2 rings (SSSR count). The molecule has 0 bridgehead atoms. The predicted molar refractivity (Wildman–Crippen MR) is 99.8 cm³/mol. The zero-order valence-corrected chi connectivity index (χ0v) is 15.6. The largest absolute Gasteiger partial charge is 0.493 e. The zero-order chi connectivity index (χ0) is 19.3. The van der Waals surface area contributed by atoms with Gasteiger partial charge >= 0.3 is 0 Å². The average Bonchev–Trinajstić information content (AvgIpc) is 2.61. The summed E-state index contributed by atoms with van der Waals surface area (Å²) in [5.41, 5.74) is 0.143. The maximum absolute atomic E-state index is 12.5. The number of nitrogens with zero attached hydrogens (tertiary/aromatic N) is 1. The molecule has 0 saturated carbocycles. The molecule has 0 unspecified atom stereocenters. The number of hydrogen-bond donors (Lipinski definition) is 1. The molecule has 0 radical (unpaired) electrons. The minimum atomic E-state index is -0.627. The third kappa shape index (κ3) is 4.56. The number of amides is 1. The minimum absolute atomic E-state index is 0.0184. The topological polar surface area (TPSA) is 90.7 Å². The Hall–Kier alpha value is -2.51. The van der Waals surface area contributed by atoms with E-state index in [1.54, 1.807) is 0 Å². The fourth-order valence-corrected chi connectivity index (χ4v) is 2.58. The van der Waals surface area contributed by atoms with Crippen molar-refractivity contribution in [3.63, 3.8) is 0 Å². The minimum Gasteiger partial charge on any atom is -0.493 e. The number of ether oxygens (including phenoxy) is 2. The van der Waals surface area contributed by atoms with Gasteiger partial charge in [-0.3, -0.25) is 14.9 Å². The van der Waals surface area contributed by atoms with Gasteiger partial charge in [-0.15, -0.1) is 0 Å². The number of nitro groups is 1. The highest BCUT2D eigenvalue weighted by Gasteiger charge is 2.18. The predicted octanol–water partition coefficient (Wildman–Crippen LogP) is 4.95. The molecule has 0 saturated heterocycles. The van der Waals surface area contributed by atoms with Crippen LogP contribution in [0, 0.1) is 10.1 Å². The third-order valence-corrected chi connectivity index (χ3v) is 3.94. The van der Waals surface area contributed by atoms with Crippen LogP contribution in [0.25, 0.3) is 0 Å². The Morgan fingerprint density at radius 3 is 2.58 bits per heavy atom. The highest BCUT2D eigenvalue weighted by Crippen LogP contribution is 2.37. The van der Waals surface area contributed by atoms with Crippen molar-refractivity contribution in [3.8, 4) is 11.5 Å². The lowest BCUT2D eigenvalue weighted by molar-refractivity contribution is -0.384. The Balaban J connectivity index is 2.28. The van der Waals surface area contributed by atoms with Crippen LogP contribution in [0.3, 0.4) is 0 Å². The molecule has 2 aromatic rings. The van der Waals surface area contributed by atoms with E-state index in [9.17, 15) is 14.9 Å². The molecule has 0 atom stereocenters. The van der Waals surface area contributed by atoms with E-state index < -0.39 is 10.8 Å². The van der Waals surface area contributed by atoms with Crippen LogP contribution in [0.4, 0.5) is 11.4 Å². The van der Waals surface area contributed by atoms with Crippen molar-refractivity contribution in [2.24, 2.45) is 0 Å². The molecule has 7 nitrogen and oxygen atoms in total. The number of halogens is 2. The molecule has 0 spiro atoms. The summed E-state index contributed by atoms with van der Waals surface area (Å²) in [5.74, 6) is 0.164. The van der Waals surface area contributed by atoms with Crippen LogP contribution in [-0.4, -0.2) is 24.5 Å². The molecule has 1 N–H and O–H groups in total. The Morgan fingerprint density at radius 1 is 1.23 bits per heavy atom. The number of nitro benzene ring substituents is 1. The SMILES string of the molecule is CCCOc1c(Cl)cc(C(=O)Nc2ccc(Cl)c([N+](=O)[O-])c2)cc1OC. The van der Waals surface area contributed by atoms with E-state index in [0.717, 1.165) is 6.42 Å². The quantitative estimate of drug-likeness (QED) is 0.526. The van der Waals surface area contributed by atoms with E-state index in [2.05, 4.69) is 5.32 Å². The van der Waals surface area contributed by atoms with Crippen molar-refractivity contribution in [2.75, 3.05) is 19.0 Å². The highest BCUT2D eigenvalue weighted by atomic mass is 35.5. The van der Waals surface area contributed by atoms with Crippen molar-refractivity contribution in [3.05, 3.63) is 56.1 Å². The van der Waals surface area contributed by atoms with Crippen LogP contribution in [-0.2, 0) is 0 Å². The third-order valence-electron chi connectivity index (χ3n) is 3.34. The molecule has 0 aromatic heterocycles. The molecule has 0 aliphatic heterocycles. The van der Waals surface area contributed by atoms with Gasteiger partial charge in [0.2, 0.25) is 0 Å². The lowest BCUT2D eigenvalue weighted by Crippen LogP contribution is -2.12. The Kier molecular flexibility index (Phi) is 6.65. The second-order valence-electron chi connectivity index (χ2n) is 5.22.